The molecular weight excluding hydrogens is 260 g/mol. The standard InChI is InChI=1S/C17H32N4/c1-5-15-14(13-20(4)19-15)16(12-18)21-10-8-17(6-2,7-3)9-11-21/h13,16H,5-12,18H2,1-4H3. The van der Waals surface area contributed by atoms with E-state index in [9.17, 15) is 0 Å². The van der Waals surface area contributed by atoms with Gasteiger partial charge in [0.2, 0.25) is 0 Å². The molecule has 0 radical (unpaired) electrons. The number of aryl methyl sites for hydroxylation is 2. The van der Waals surface area contributed by atoms with Crippen LogP contribution in [0.2, 0.25) is 0 Å². The Hall–Kier alpha value is -0.870. The Morgan fingerprint density at radius 2 is 1.86 bits per heavy atom. The number of likely N-dealkylation sites (tertiary alicyclic amines) is 1. The largest absolute Gasteiger partial charge is 0.329 e. The van der Waals surface area contributed by atoms with Crippen molar-refractivity contribution < 1.29 is 0 Å². The summed E-state index contributed by atoms with van der Waals surface area (Å²) >= 11 is 0. The number of nitrogens with zero attached hydrogens (tertiary/aromatic N) is 3. The van der Waals surface area contributed by atoms with Gasteiger partial charge in [0, 0.05) is 25.4 Å². The first-order valence-electron chi connectivity index (χ1n) is 8.55. The van der Waals surface area contributed by atoms with Crippen LogP contribution < -0.4 is 5.73 Å². The van der Waals surface area contributed by atoms with E-state index in [1.807, 2.05) is 11.7 Å². The molecule has 1 aromatic rings. The van der Waals surface area contributed by atoms with Crippen LogP contribution in [-0.4, -0.2) is 34.3 Å². The molecule has 1 atom stereocenters. The van der Waals surface area contributed by atoms with Gasteiger partial charge in [-0.1, -0.05) is 33.6 Å². The lowest BCUT2D eigenvalue weighted by Crippen LogP contribution is -2.43. The van der Waals surface area contributed by atoms with Crippen LogP contribution in [0.5, 0.6) is 0 Å². The Morgan fingerprint density at radius 1 is 1.24 bits per heavy atom. The maximum absolute atomic E-state index is 6.12. The molecule has 1 aromatic heterocycles. The average Bonchev–Trinajstić information content (AvgIpc) is 2.90. The van der Waals surface area contributed by atoms with Crippen molar-refractivity contribution in [3.8, 4) is 0 Å². The summed E-state index contributed by atoms with van der Waals surface area (Å²) in [5, 5.41) is 4.59. The second kappa shape index (κ2) is 6.93. The highest BCUT2D eigenvalue weighted by atomic mass is 15.3. The lowest BCUT2D eigenvalue weighted by atomic mass is 9.74. The molecule has 0 spiro atoms. The van der Waals surface area contributed by atoms with Crippen LogP contribution in [0.1, 0.15) is 63.8 Å². The summed E-state index contributed by atoms with van der Waals surface area (Å²) in [7, 11) is 2.01. The Balaban J connectivity index is 2.13. The summed E-state index contributed by atoms with van der Waals surface area (Å²) < 4.78 is 1.93. The summed E-state index contributed by atoms with van der Waals surface area (Å²) in [6.07, 6.45) is 8.36. The number of nitrogens with two attached hydrogens (primary N) is 1. The van der Waals surface area contributed by atoms with Crippen molar-refractivity contribution in [3.05, 3.63) is 17.5 Å². The molecule has 2 N–H and O–H groups in total. The van der Waals surface area contributed by atoms with Crippen LogP contribution in [-0.2, 0) is 13.5 Å². The van der Waals surface area contributed by atoms with Crippen molar-refractivity contribution in [2.75, 3.05) is 19.6 Å². The van der Waals surface area contributed by atoms with E-state index in [2.05, 4.69) is 37.0 Å². The van der Waals surface area contributed by atoms with Crippen LogP contribution >= 0.6 is 0 Å². The van der Waals surface area contributed by atoms with Gasteiger partial charge >= 0.3 is 0 Å². The fourth-order valence-corrected chi connectivity index (χ4v) is 3.85. The Labute approximate surface area is 129 Å². The van der Waals surface area contributed by atoms with Crippen molar-refractivity contribution in [2.45, 2.75) is 58.9 Å². The van der Waals surface area contributed by atoms with E-state index >= 15 is 0 Å². The SMILES string of the molecule is CCc1nn(C)cc1C(CN)N1CCC(CC)(CC)CC1. The lowest BCUT2D eigenvalue weighted by molar-refractivity contribution is 0.0677. The molecule has 0 aliphatic carbocycles. The highest BCUT2D eigenvalue weighted by Crippen LogP contribution is 2.40. The fourth-order valence-electron chi connectivity index (χ4n) is 3.85. The van der Waals surface area contributed by atoms with Gasteiger partial charge in [-0.3, -0.25) is 9.58 Å². The van der Waals surface area contributed by atoms with Gasteiger partial charge in [-0.05, 0) is 37.8 Å². The molecule has 0 amide bonds. The number of rotatable bonds is 6. The van der Waals surface area contributed by atoms with E-state index in [-0.39, 0.29) is 0 Å². The minimum atomic E-state index is 0.334. The van der Waals surface area contributed by atoms with Crippen LogP contribution in [0.15, 0.2) is 6.20 Å². The monoisotopic (exact) mass is 292 g/mol. The Kier molecular flexibility index (Phi) is 5.44. The maximum atomic E-state index is 6.12. The zero-order valence-corrected chi connectivity index (χ0v) is 14.2. The van der Waals surface area contributed by atoms with Gasteiger partial charge in [0.25, 0.3) is 0 Å². The number of piperidine rings is 1. The van der Waals surface area contributed by atoms with Gasteiger partial charge in [-0.2, -0.15) is 5.10 Å². The highest BCUT2D eigenvalue weighted by molar-refractivity contribution is 5.22. The van der Waals surface area contributed by atoms with Crippen LogP contribution in [0.3, 0.4) is 0 Å². The normalized spacial score (nSPS) is 20.6. The third kappa shape index (κ3) is 3.32. The summed E-state index contributed by atoms with van der Waals surface area (Å²) in [6, 6.07) is 0.334. The molecule has 0 saturated carbocycles. The molecule has 1 fully saturated rings. The summed E-state index contributed by atoms with van der Waals surface area (Å²) in [6.45, 7) is 9.88. The molecule has 2 rings (SSSR count). The second-order valence-corrected chi connectivity index (χ2v) is 6.55. The summed E-state index contributed by atoms with van der Waals surface area (Å²) in [5.41, 5.74) is 9.23. The number of hydrogen-bond acceptors (Lipinski definition) is 3. The van der Waals surface area contributed by atoms with E-state index in [0.717, 1.165) is 6.42 Å². The topological polar surface area (TPSA) is 47.1 Å². The van der Waals surface area contributed by atoms with E-state index in [1.165, 1.54) is 50.0 Å². The molecule has 4 heteroatoms. The quantitative estimate of drug-likeness (QED) is 0.877. The third-order valence-corrected chi connectivity index (χ3v) is 5.65. The molecule has 1 unspecified atom stereocenters. The van der Waals surface area contributed by atoms with E-state index in [0.29, 0.717) is 18.0 Å². The number of hydrogen-bond donors (Lipinski definition) is 1. The molecule has 0 bridgehead atoms. The molecule has 21 heavy (non-hydrogen) atoms. The van der Waals surface area contributed by atoms with Gasteiger partial charge in [0.05, 0.1) is 11.7 Å². The zero-order chi connectivity index (χ0) is 15.5. The maximum Gasteiger partial charge on any atom is 0.0670 e. The summed E-state index contributed by atoms with van der Waals surface area (Å²) in [4.78, 5) is 2.58. The number of aromatic nitrogens is 2. The van der Waals surface area contributed by atoms with Gasteiger partial charge in [0.15, 0.2) is 0 Å². The van der Waals surface area contributed by atoms with Crippen LogP contribution in [0.4, 0.5) is 0 Å². The van der Waals surface area contributed by atoms with Crippen molar-refractivity contribution in [1.82, 2.24) is 14.7 Å². The van der Waals surface area contributed by atoms with Crippen molar-refractivity contribution in [2.24, 2.45) is 18.2 Å². The zero-order valence-electron chi connectivity index (χ0n) is 14.2. The molecule has 2 heterocycles. The Morgan fingerprint density at radius 3 is 2.33 bits per heavy atom. The third-order valence-electron chi connectivity index (χ3n) is 5.65. The molecule has 1 saturated heterocycles. The smallest absolute Gasteiger partial charge is 0.0670 e. The molecule has 0 aromatic carbocycles. The highest BCUT2D eigenvalue weighted by Gasteiger charge is 2.34. The fraction of sp³-hybridized carbons (Fsp3) is 0.824. The first-order chi connectivity index (χ1) is 10.1. The van der Waals surface area contributed by atoms with Crippen molar-refractivity contribution >= 4 is 0 Å². The Bertz CT molecular complexity index is 438. The summed E-state index contributed by atoms with van der Waals surface area (Å²) in [5.74, 6) is 0. The molecule has 1 aliphatic rings. The van der Waals surface area contributed by atoms with E-state index in [1.54, 1.807) is 0 Å². The minimum Gasteiger partial charge on any atom is -0.329 e. The second-order valence-electron chi connectivity index (χ2n) is 6.55. The van der Waals surface area contributed by atoms with Crippen LogP contribution in [0, 0.1) is 5.41 Å². The predicted octanol–water partition coefficient (Wildman–Crippen LogP) is 2.88. The van der Waals surface area contributed by atoms with Crippen molar-refractivity contribution in [3.63, 3.8) is 0 Å². The molecule has 1 aliphatic heterocycles. The lowest BCUT2D eigenvalue weighted by Gasteiger charge is -2.43. The van der Waals surface area contributed by atoms with Gasteiger partial charge in [-0.25, -0.2) is 0 Å². The van der Waals surface area contributed by atoms with Gasteiger partial charge in [0.1, 0.15) is 0 Å². The predicted molar refractivity (Wildman–Crippen MR) is 88.2 cm³/mol. The average molecular weight is 292 g/mol. The first kappa shape index (κ1) is 16.5. The molecule has 4 nitrogen and oxygen atoms in total. The molecular formula is C17H32N4. The van der Waals surface area contributed by atoms with Gasteiger partial charge < -0.3 is 5.73 Å². The first-order valence-corrected chi connectivity index (χ1v) is 8.55. The van der Waals surface area contributed by atoms with E-state index in [4.69, 9.17) is 5.73 Å². The van der Waals surface area contributed by atoms with Crippen molar-refractivity contribution in [1.29, 1.82) is 0 Å². The minimum absolute atomic E-state index is 0.334. The van der Waals surface area contributed by atoms with E-state index < -0.39 is 0 Å². The van der Waals surface area contributed by atoms with Crippen LogP contribution in [0.25, 0.3) is 0 Å². The molecule has 120 valence electrons. The van der Waals surface area contributed by atoms with Gasteiger partial charge in [-0.15, -0.1) is 0 Å².